The van der Waals surface area contributed by atoms with Gasteiger partial charge in [-0.1, -0.05) is 12.8 Å². The molecule has 1 aliphatic heterocycles. The summed E-state index contributed by atoms with van der Waals surface area (Å²) in [6.45, 7) is 3.97. The van der Waals surface area contributed by atoms with Crippen LogP contribution in [0.25, 0.3) is 11.2 Å². The van der Waals surface area contributed by atoms with Gasteiger partial charge in [0.15, 0.2) is 17.4 Å². The summed E-state index contributed by atoms with van der Waals surface area (Å²) in [7, 11) is 0. The normalized spacial score (nSPS) is 26.1. The lowest BCUT2D eigenvalue weighted by atomic mass is 10.1. The second-order valence-corrected chi connectivity index (χ2v) is 8.59. The molecule has 10 heteroatoms. The van der Waals surface area contributed by atoms with E-state index < -0.39 is 24.5 Å². The van der Waals surface area contributed by atoms with Crippen molar-refractivity contribution in [3.63, 3.8) is 0 Å². The molecule has 1 saturated heterocycles. The van der Waals surface area contributed by atoms with E-state index in [9.17, 15) is 10.2 Å². The Morgan fingerprint density at radius 2 is 2.00 bits per heavy atom. The van der Waals surface area contributed by atoms with Gasteiger partial charge in [-0.25, -0.2) is 9.97 Å². The third-order valence-corrected chi connectivity index (χ3v) is 6.20. The van der Waals surface area contributed by atoms with Gasteiger partial charge in [0, 0.05) is 17.9 Å². The molecule has 2 fully saturated rings. The van der Waals surface area contributed by atoms with Gasteiger partial charge in [-0.2, -0.15) is 4.98 Å². The third kappa shape index (κ3) is 3.89. The number of imidazole rings is 1. The van der Waals surface area contributed by atoms with E-state index >= 15 is 0 Å². The number of anilines is 1. The zero-order valence-electron chi connectivity index (χ0n) is 18.2. The van der Waals surface area contributed by atoms with Gasteiger partial charge < -0.3 is 25.0 Å². The first kappa shape index (κ1) is 21.0. The number of aryl methyl sites for hydroxylation is 1. The summed E-state index contributed by atoms with van der Waals surface area (Å²) in [5, 5.41) is 24.4. The fourth-order valence-electron chi connectivity index (χ4n) is 4.48. The first-order valence-electron chi connectivity index (χ1n) is 11.1. The number of hydrogen-bond acceptors (Lipinski definition) is 9. The average Bonchev–Trinajstić information content (AvgIpc) is 3.48. The van der Waals surface area contributed by atoms with E-state index in [1.54, 1.807) is 17.7 Å². The zero-order valence-corrected chi connectivity index (χ0v) is 18.2. The Morgan fingerprint density at radius 1 is 1.19 bits per heavy atom. The summed E-state index contributed by atoms with van der Waals surface area (Å²) in [5.41, 5.74) is 2.83. The minimum Gasteiger partial charge on any atom is -0.471 e. The van der Waals surface area contributed by atoms with E-state index in [1.165, 1.54) is 6.33 Å². The van der Waals surface area contributed by atoms with Crippen LogP contribution >= 0.6 is 0 Å². The molecule has 32 heavy (non-hydrogen) atoms. The van der Waals surface area contributed by atoms with Crippen LogP contribution in [0.4, 0.5) is 5.95 Å². The van der Waals surface area contributed by atoms with Crippen molar-refractivity contribution in [2.75, 3.05) is 5.32 Å². The van der Waals surface area contributed by atoms with Gasteiger partial charge in [-0.15, -0.1) is 0 Å². The molecular formula is C22H28N6O4. The van der Waals surface area contributed by atoms with Crippen molar-refractivity contribution in [3.05, 3.63) is 35.9 Å². The summed E-state index contributed by atoms with van der Waals surface area (Å²) < 4.78 is 13.6. The van der Waals surface area contributed by atoms with Crippen molar-refractivity contribution in [1.29, 1.82) is 0 Å². The van der Waals surface area contributed by atoms with Crippen LogP contribution in [0.1, 0.15) is 50.1 Å². The number of hydrogen-bond donors (Lipinski definition) is 3. The molecule has 4 heterocycles. The van der Waals surface area contributed by atoms with Crippen LogP contribution in [-0.4, -0.2) is 59.1 Å². The number of aromatic nitrogens is 5. The van der Waals surface area contributed by atoms with Gasteiger partial charge >= 0.3 is 0 Å². The molecule has 1 aliphatic carbocycles. The lowest BCUT2D eigenvalue weighted by Crippen LogP contribution is -2.31. The number of ether oxygens (including phenoxy) is 2. The van der Waals surface area contributed by atoms with Crippen LogP contribution in [0.3, 0.4) is 0 Å². The smallest absolute Gasteiger partial charge is 0.245 e. The number of fused-ring (bicyclic) bond motifs is 1. The summed E-state index contributed by atoms with van der Waals surface area (Å²) in [6, 6.07) is 4.13. The highest BCUT2D eigenvalue weighted by atomic mass is 16.6. The Labute approximate surface area is 185 Å². The number of pyridine rings is 1. The fraction of sp³-hybridized carbons (Fsp3) is 0.545. The third-order valence-electron chi connectivity index (χ3n) is 6.20. The minimum atomic E-state index is -1.11. The van der Waals surface area contributed by atoms with Crippen LogP contribution in [0.5, 0.6) is 5.88 Å². The molecule has 0 unspecified atom stereocenters. The van der Waals surface area contributed by atoms with Crippen LogP contribution in [0, 0.1) is 6.92 Å². The predicted octanol–water partition coefficient (Wildman–Crippen LogP) is 2.10. The molecular weight excluding hydrogens is 412 g/mol. The Hall–Kier alpha value is -2.82. The van der Waals surface area contributed by atoms with Crippen molar-refractivity contribution in [3.8, 4) is 5.88 Å². The summed E-state index contributed by atoms with van der Waals surface area (Å²) in [5.74, 6) is 0.876. The molecule has 5 rings (SSSR count). The Balaban J connectivity index is 1.52. The predicted molar refractivity (Wildman–Crippen MR) is 116 cm³/mol. The van der Waals surface area contributed by atoms with E-state index in [4.69, 9.17) is 14.5 Å². The Kier molecular flexibility index (Phi) is 5.66. The molecule has 0 amide bonds. The Morgan fingerprint density at radius 3 is 2.72 bits per heavy atom. The second kappa shape index (κ2) is 8.61. The maximum atomic E-state index is 10.7. The van der Waals surface area contributed by atoms with Crippen molar-refractivity contribution in [2.45, 2.75) is 76.7 Å². The lowest BCUT2D eigenvalue weighted by Gasteiger charge is -2.21. The maximum Gasteiger partial charge on any atom is 0.245 e. The second-order valence-electron chi connectivity index (χ2n) is 8.59. The molecule has 0 spiro atoms. The summed E-state index contributed by atoms with van der Waals surface area (Å²) in [4.78, 5) is 17.7. The quantitative estimate of drug-likeness (QED) is 0.528. The minimum absolute atomic E-state index is 0.281. The highest BCUT2D eigenvalue weighted by Gasteiger charge is 2.43. The first-order chi connectivity index (χ1) is 15.5. The van der Waals surface area contributed by atoms with Crippen molar-refractivity contribution in [1.82, 2.24) is 24.5 Å². The molecule has 0 aromatic carbocycles. The van der Waals surface area contributed by atoms with E-state index in [0.717, 1.165) is 36.9 Å². The zero-order chi connectivity index (χ0) is 22.2. The molecule has 0 bridgehead atoms. The summed E-state index contributed by atoms with van der Waals surface area (Å²) >= 11 is 0. The van der Waals surface area contributed by atoms with Crippen LogP contribution < -0.4 is 10.1 Å². The van der Waals surface area contributed by atoms with Crippen LogP contribution in [0.2, 0.25) is 0 Å². The standard InChI is InChI=1S/C22H28N6O4/c1-12-9-14(7-8-23-12)10-31-20-16-19(24-11-25-20)28(21-18(30)17(29)13(2)32-21)22(27-16)26-15-5-3-4-6-15/h7-9,11,13,15,17-18,21,29-30H,3-6,10H2,1-2H3,(H,26,27)/t13-,17-,18-,21-/m1/s1. The van der Waals surface area contributed by atoms with Gasteiger partial charge in [0.25, 0.3) is 0 Å². The van der Waals surface area contributed by atoms with Gasteiger partial charge in [0.05, 0.1) is 6.10 Å². The molecule has 1 saturated carbocycles. The molecule has 3 N–H and O–H groups in total. The highest BCUT2D eigenvalue weighted by Crippen LogP contribution is 2.36. The van der Waals surface area contributed by atoms with E-state index in [1.807, 2.05) is 19.1 Å². The molecule has 4 atom stereocenters. The topological polar surface area (TPSA) is 127 Å². The number of rotatable bonds is 6. The SMILES string of the molecule is Cc1cc(COc2ncnc3c2nc(NC2CCCC2)n3[C@@H]2O[C@H](C)[C@@H](O)[C@H]2O)ccn1. The molecule has 170 valence electrons. The largest absolute Gasteiger partial charge is 0.471 e. The van der Waals surface area contributed by atoms with Crippen LogP contribution in [0.15, 0.2) is 24.7 Å². The molecule has 3 aromatic heterocycles. The molecule has 2 aliphatic rings. The number of aliphatic hydroxyl groups is 2. The van der Waals surface area contributed by atoms with Crippen LogP contribution in [-0.2, 0) is 11.3 Å². The van der Waals surface area contributed by atoms with E-state index in [2.05, 4.69) is 20.3 Å². The fourth-order valence-corrected chi connectivity index (χ4v) is 4.48. The van der Waals surface area contributed by atoms with Gasteiger partial charge in [0.2, 0.25) is 11.8 Å². The number of nitrogens with one attached hydrogen (secondary N) is 1. The monoisotopic (exact) mass is 440 g/mol. The van der Waals surface area contributed by atoms with Gasteiger partial charge in [-0.3, -0.25) is 9.55 Å². The molecule has 3 aromatic rings. The number of nitrogens with zero attached hydrogens (tertiary/aromatic N) is 5. The lowest BCUT2D eigenvalue weighted by molar-refractivity contribution is -0.0287. The first-order valence-corrected chi connectivity index (χ1v) is 11.1. The van der Waals surface area contributed by atoms with Crippen molar-refractivity contribution >= 4 is 17.1 Å². The van der Waals surface area contributed by atoms with Gasteiger partial charge in [0.1, 0.15) is 25.1 Å². The van der Waals surface area contributed by atoms with E-state index in [-0.39, 0.29) is 6.04 Å². The van der Waals surface area contributed by atoms with E-state index in [0.29, 0.717) is 29.6 Å². The highest BCUT2D eigenvalue weighted by molar-refractivity contribution is 5.79. The number of aliphatic hydroxyl groups excluding tert-OH is 2. The van der Waals surface area contributed by atoms with Crippen molar-refractivity contribution in [2.24, 2.45) is 0 Å². The maximum absolute atomic E-state index is 10.7. The van der Waals surface area contributed by atoms with Crippen molar-refractivity contribution < 1.29 is 19.7 Å². The Bertz CT molecular complexity index is 1100. The molecule has 0 radical (unpaired) electrons. The molecule has 10 nitrogen and oxygen atoms in total. The summed E-state index contributed by atoms with van der Waals surface area (Å²) in [6.07, 6.45) is 4.14. The van der Waals surface area contributed by atoms with Gasteiger partial charge in [-0.05, 0) is 44.4 Å². The average molecular weight is 441 g/mol.